The van der Waals surface area contributed by atoms with E-state index in [0.29, 0.717) is 42.9 Å². The van der Waals surface area contributed by atoms with E-state index in [9.17, 15) is 9.59 Å². The molecule has 0 aromatic heterocycles. The zero-order valence-corrected chi connectivity index (χ0v) is 15.2. The SMILES string of the molecule is CCOc1cc(C(=O)NCCOC2CCCCC2)ccc1OCC(=O)O. The molecule has 0 aliphatic heterocycles. The first-order chi connectivity index (χ1) is 12.6. The summed E-state index contributed by atoms with van der Waals surface area (Å²) in [4.78, 5) is 22.9. The Morgan fingerprint density at radius 3 is 2.62 bits per heavy atom. The number of amides is 1. The Kier molecular flexibility index (Phi) is 8.21. The summed E-state index contributed by atoms with van der Waals surface area (Å²) in [7, 11) is 0. The molecular weight excluding hydrogens is 338 g/mol. The summed E-state index contributed by atoms with van der Waals surface area (Å²) < 4.78 is 16.4. The van der Waals surface area contributed by atoms with E-state index in [1.165, 1.54) is 19.3 Å². The van der Waals surface area contributed by atoms with Crippen LogP contribution >= 0.6 is 0 Å². The van der Waals surface area contributed by atoms with Gasteiger partial charge in [0.25, 0.3) is 5.91 Å². The first-order valence-corrected chi connectivity index (χ1v) is 9.11. The van der Waals surface area contributed by atoms with E-state index in [4.69, 9.17) is 19.3 Å². The van der Waals surface area contributed by atoms with E-state index in [-0.39, 0.29) is 5.91 Å². The van der Waals surface area contributed by atoms with E-state index < -0.39 is 12.6 Å². The lowest BCUT2D eigenvalue weighted by atomic mass is 9.98. The van der Waals surface area contributed by atoms with Gasteiger partial charge >= 0.3 is 5.97 Å². The Balaban J connectivity index is 1.84. The van der Waals surface area contributed by atoms with Gasteiger partial charge in [-0.15, -0.1) is 0 Å². The van der Waals surface area contributed by atoms with Gasteiger partial charge in [-0.2, -0.15) is 0 Å². The summed E-state index contributed by atoms with van der Waals surface area (Å²) in [6, 6.07) is 4.68. The van der Waals surface area contributed by atoms with Crippen molar-refractivity contribution in [2.45, 2.75) is 45.1 Å². The van der Waals surface area contributed by atoms with Crippen LogP contribution in [0.4, 0.5) is 0 Å². The molecule has 1 fully saturated rings. The number of carboxylic acid groups (broad SMARTS) is 1. The fraction of sp³-hybridized carbons (Fsp3) is 0.579. The Morgan fingerprint density at radius 1 is 1.15 bits per heavy atom. The van der Waals surface area contributed by atoms with Crippen LogP contribution in [-0.4, -0.2) is 49.5 Å². The van der Waals surface area contributed by atoms with Gasteiger partial charge in [0.1, 0.15) is 0 Å². The summed E-state index contributed by atoms with van der Waals surface area (Å²) in [5, 5.41) is 11.5. The van der Waals surface area contributed by atoms with Crippen molar-refractivity contribution in [3.63, 3.8) is 0 Å². The van der Waals surface area contributed by atoms with Crippen LogP contribution in [0.2, 0.25) is 0 Å². The third-order valence-electron chi connectivity index (χ3n) is 4.15. The summed E-state index contributed by atoms with van der Waals surface area (Å²) in [6.07, 6.45) is 6.23. The first-order valence-electron chi connectivity index (χ1n) is 9.11. The van der Waals surface area contributed by atoms with Gasteiger partial charge in [-0.3, -0.25) is 4.79 Å². The number of hydrogen-bond donors (Lipinski definition) is 2. The Bertz CT molecular complexity index is 598. The molecule has 0 unspecified atom stereocenters. The molecule has 0 spiro atoms. The van der Waals surface area contributed by atoms with Crippen LogP contribution < -0.4 is 14.8 Å². The van der Waals surface area contributed by atoms with E-state index in [1.807, 2.05) is 0 Å². The molecule has 26 heavy (non-hydrogen) atoms. The number of carbonyl (C=O) groups excluding carboxylic acids is 1. The highest BCUT2D eigenvalue weighted by molar-refractivity contribution is 5.94. The Hall–Kier alpha value is -2.28. The highest BCUT2D eigenvalue weighted by Gasteiger charge is 2.15. The van der Waals surface area contributed by atoms with Gasteiger partial charge in [0.2, 0.25) is 0 Å². The normalized spacial score (nSPS) is 14.7. The van der Waals surface area contributed by atoms with E-state index in [0.717, 1.165) is 12.8 Å². The largest absolute Gasteiger partial charge is 0.490 e. The zero-order chi connectivity index (χ0) is 18.8. The number of ether oxygens (including phenoxy) is 3. The minimum absolute atomic E-state index is 0.233. The Labute approximate surface area is 153 Å². The van der Waals surface area contributed by atoms with Crippen LogP contribution in [-0.2, 0) is 9.53 Å². The van der Waals surface area contributed by atoms with E-state index >= 15 is 0 Å². The van der Waals surface area contributed by atoms with Crippen molar-refractivity contribution >= 4 is 11.9 Å². The molecule has 1 aromatic carbocycles. The molecule has 0 radical (unpaired) electrons. The summed E-state index contributed by atoms with van der Waals surface area (Å²) in [5.41, 5.74) is 0.425. The van der Waals surface area contributed by atoms with Crippen LogP contribution in [0, 0.1) is 0 Å². The van der Waals surface area contributed by atoms with Gasteiger partial charge in [-0.05, 0) is 38.0 Å². The van der Waals surface area contributed by atoms with Crippen LogP contribution in [0.25, 0.3) is 0 Å². The number of hydrogen-bond acceptors (Lipinski definition) is 5. The molecule has 144 valence electrons. The molecule has 7 nitrogen and oxygen atoms in total. The fourth-order valence-corrected chi connectivity index (χ4v) is 2.90. The van der Waals surface area contributed by atoms with Crippen molar-refractivity contribution in [1.82, 2.24) is 5.32 Å². The summed E-state index contributed by atoms with van der Waals surface area (Å²) in [6.45, 7) is 2.65. The smallest absolute Gasteiger partial charge is 0.341 e. The molecule has 2 N–H and O–H groups in total. The molecule has 7 heteroatoms. The number of aliphatic carboxylic acids is 1. The summed E-state index contributed by atoms with van der Waals surface area (Å²) in [5.74, 6) is -0.665. The lowest BCUT2D eigenvalue weighted by molar-refractivity contribution is -0.139. The number of rotatable bonds is 10. The van der Waals surface area contributed by atoms with Crippen molar-refractivity contribution in [2.75, 3.05) is 26.4 Å². The molecule has 0 atom stereocenters. The van der Waals surface area contributed by atoms with E-state index in [2.05, 4.69) is 5.32 Å². The highest BCUT2D eigenvalue weighted by Crippen LogP contribution is 2.28. The molecule has 1 saturated carbocycles. The second kappa shape index (κ2) is 10.7. The monoisotopic (exact) mass is 365 g/mol. The molecule has 0 saturated heterocycles. The van der Waals surface area contributed by atoms with Crippen molar-refractivity contribution < 1.29 is 28.9 Å². The maximum Gasteiger partial charge on any atom is 0.341 e. The van der Waals surface area contributed by atoms with Crippen LogP contribution in [0.3, 0.4) is 0 Å². The maximum absolute atomic E-state index is 12.3. The Morgan fingerprint density at radius 2 is 1.92 bits per heavy atom. The second-order valence-corrected chi connectivity index (χ2v) is 6.16. The second-order valence-electron chi connectivity index (χ2n) is 6.16. The number of carbonyl (C=O) groups is 2. The van der Waals surface area contributed by atoms with Crippen molar-refractivity contribution in [1.29, 1.82) is 0 Å². The average molecular weight is 365 g/mol. The number of carboxylic acids is 1. The van der Waals surface area contributed by atoms with Crippen molar-refractivity contribution in [3.05, 3.63) is 23.8 Å². The quantitative estimate of drug-likeness (QED) is 0.619. The average Bonchev–Trinajstić information content (AvgIpc) is 2.65. The molecule has 1 amide bonds. The van der Waals surface area contributed by atoms with Crippen molar-refractivity contribution in [2.24, 2.45) is 0 Å². The molecule has 0 heterocycles. The lowest BCUT2D eigenvalue weighted by Gasteiger charge is -2.22. The maximum atomic E-state index is 12.3. The molecule has 2 rings (SSSR count). The van der Waals surface area contributed by atoms with Gasteiger partial charge in [-0.1, -0.05) is 19.3 Å². The minimum Gasteiger partial charge on any atom is -0.490 e. The third-order valence-corrected chi connectivity index (χ3v) is 4.15. The van der Waals surface area contributed by atoms with Gasteiger partial charge < -0.3 is 24.6 Å². The third kappa shape index (κ3) is 6.55. The van der Waals surface area contributed by atoms with Crippen LogP contribution in [0.15, 0.2) is 18.2 Å². The number of nitrogens with one attached hydrogen (secondary N) is 1. The molecular formula is C19H27NO6. The predicted molar refractivity (Wildman–Crippen MR) is 95.9 cm³/mol. The molecule has 0 bridgehead atoms. The van der Waals surface area contributed by atoms with Crippen molar-refractivity contribution in [3.8, 4) is 11.5 Å². The predicted octanol–water partition coefficient (Wildman–Crippen LogP) is 2.63. The molecule has 1 aliphatic carbocycles. The van der Waals surface area contributed by atoms with E-state index in [1.54, 1.807) is 25.1 Å². The lowest BCUT2D eigenvalue weighted by Crippen LogP contribution is -2.29. The fourth-order valence-electron chi connectivity index (χ4n) is 2.90. The van der Waals surface area contributed by atoms with Gasteiger partial charge in [0.05, 0.1) is 19.3 Å². The minimum atomic E-state index is -1.08. The number of benzene rings is 1. The van der Waals surface area contributed by atoms with Crippen LogP contribution in [0.1, 0.15) is 49.4 Å². The molecule has 1 aliphatic rings. The molecule has 1 aromatic rings. The first kappa shape index (κ1) is 20.0. The summed E-state index contributed by atoms with van der Waals surface area (Å²) >= 11 is 0. The van der Waals surface area contributed by atoms with Crippen LogP contribution in [0.5, 0.6) is 11.5 Å². The zero-order valence-electron chi connectivity index (χ0n) is 15.2. The van der Waals surface area contributed by atoms with Gasteiger partial charge in [0.15, 0.2) is 18.1 Å². The highest BCUT2D eigenvalue weighted by atomic mass is 16.5. The van der Waals surface area contributed by atoms with Gasteiger partial charge in [-0.25, -0.2) is 4.79 Å². The standard InChI is InChI=1S/C19H27NO6/c1-2-24-17-12-14(8-9-16(17)26-13-18(21)22)19(23)20-10-11-25-15-6-4-3-5-7-15/h8-9,12,15H,2-7,10-11,13H2,1H3,(H,20,23)(H,21,22). The topological polar surface area (TPSA) is 94.1 Å². The van der Waals surface area contributed by atoms with Gasteiger partial charge in [0, 0.05) is 12.1 Å².